The maximum Gasteiger partial charge on any atom is 0.304 e. The Balaban J connectivity index is 2.14. The maximum atomic E-state index is 14.9. The lowest BCUT2D eigenvalue weighted by atomic mass is 10.0. The van der Waals surface area contributed by atoms with Crippen molar-refractivity contribution in [2.75, 3.05) is 24.9 Å². The summed E-state index contributed by atoms with van der Waals surface area (Å²) in [7, 11) is -1.83. The van der Waals surface area contributed by atoms with Crippen LogP contribution in [-0.2, 0) is 32.8 Å². The van der Waals surface area contributed by atoms with Crippen LogP contribution in [0, 0.1) is 11.6 Å². The van der Waals surface area contributed by atoms with Crippen molar-refractivity contribution in [3.05, 3.63) is 102 Å². The van der Waals surface area contributed by atoms with Crippen molar-refractivity contribution in [1.29, 1.82) is 0 Å². The highest BCUT2D eigenvalue weighted by atomic mass is 32.2. The van der Waals surface area contributed by atoms with E-state index in [9.17, 15) is 26.8 Å². The first kappa shape index (κ1) is 31.7. The van der Waals surface area contributed by atoms with E-state index in [4.69, 9.17) is 0 Å². The normalized spacial score (nSPS) is 12.6. The lowest BCUT2D eigenvalue weighted by molar-refractivity contribution is -0.140. The van der Waals surface area contributed by atoms with E-state index in [0.717, 1.165) is 20.8 Å². The summed E-state index contributed by atoms with van der Waals surface area (Å²) >= 11 is 0. The number of hydrogen-bond acceptors (Lipinski definition) is 4. The molecule has 0 aliphatic heterocycles. The molecule has 3 rings (SSSR count). The topological polar surface area (TPSA) is 90.0 Å². The largest absolute Gasteiger partial charge is 0.350 e. The summed E-state index contributed by atoms with van der Waals surface area (Å²) in [5.41, 5.74) is -0.124. The monoisotopic (exact) mass is 586 g/mol. The zero-order chi connectivity index (χ0) is 30.4. The molecule has 220 valence electrons. The average molecular weight is 587 g/mol. The van der Waals surface area contributed by atoms with Crippen molar-refractivity contribution < 1.29 is 26.8 Å². The van der Waals surface area contributed by atoms with Crippen LogP contribution in [0.5, 0.6) is 0 Å². The van der Waals surface area contributed by atoms with Crippen LogP contribution >= 0.6 is 0 Å². The number of amides is 2. The van der Waals surface area contributed by atoms with Crippen molar-refractivity contribution in [2.45, 2.75) is 45.3 Å². The number of rotatable bonds is 11. The average Bonchev–Trinajstić information content (AvgIpc) is 2.90. The van der Waals surface area contributed by atoms with Crippen LogP contribution in [-0.4, -0.2) is 61.7 Å². The summed E-state index contributed by atoms with van der Waals surface area (Å²) in [6, 6.07) is 18.9. The van der Waals surface area contributed by atoms with Crippen LogP contribution in [0.1, 0.15) is 31.9 Å². The summed E-state index contributed by atoms with van der Waals surface area (Å²) in [5, 5.41) is 2.89. The molecule has 0 saturated carbocycles. The summed E-state index contributed by atoms with van der Waals surface area (Å²) in [4.78, 5) is 29.0. The molecule has 0 saturated heterocycles. The SMILES string of the molecule is CN(C)S(=O)(=O)N(CC(=O)N(Cc1ccccc1F)[C@@H](Cc1ccccc1)C(=O)NC(C)(C)C)c1ccccc1F. The van der Waals surface area contributed by atoms with E-state index in [1.165, 1.54) is 50.5 Å². The van der Waals surface area contributed by atoms with Crippen molar-refractivity contribution >= 4 is 27.7 Å². The van der Waals surface area contributed by atoms with Gasteiger partial charge in [-0.05, 0) is 44.5 Å². The van der Waals surface area contributed by atoms with Crippen molar-refractivity contribution in [3.63, 3.8) is 0 Å². The van der Waals surface area contributed by atoms with E-state index >= 15 is 0 Å². The molecule has 8 nitrogen and oxygen atoms in total. The minimum Gasteiger partial charge on any atom is -0.350 e. The highest BCUT2D eigenvalue weighted by Crippen LogP contribution is 2.25. The number of carbonyl (C=O) groups excluding carboxylic acids is 2. The Labute approximate surface area is 240 Å². The van der Waals surface area contributed by atoms with E-state index in [-0.39, 0.29) is 24.2 Å². The van der Waals surface area contributed by atoms with Crippen LogP contribution in [0.3, 0.4) is 0 Å². The Morgan fingerprint density at radius 1 is 0.854 bits per heavy atom. The van der Waals surface area contributed by atoms with E-state index in [0.29, 0.717) is 4.31 Å². The Kier molecular flexibility index (Phi) is 10.2. The second-order valence-electron chi connectivity index (χ2n) is 10.8. The van der Waals surface area contributed by atoms with Gasteiger partial charge in [-0.25, -0.2) is 13.1 Å². The molecule has 1 N–H and O–H groups in total. The van der Waals surface area contributed by atoms with Gasteiger partial charge in [0.1, 0.15) is 24.2 Å². The van der Waals surface area contributed by atoms with Crippen LogP contribution in [0.4, 0.5) is 14.5 Å². The van der Waals surface area contributed by atoms with E-state index in [2.05, 4.69) is 5.32 Å². The fraction of sp³-hybridized carbons (Fsp3) is 0.333. The first-order valence-corrected chi connectivity index (χ1v) is 14.4. The second kappa shape index (κ2) is 13.2. The second-order valence-corrected chi connectivity index (χ2v) is 12.9. The number of para-hydroxylation sites is 1. The van der Waals surface area contributed by atoms with Gasteiger partial charge in [0.05, 0.1) is 5.69 Å². The number of halogens is 2. The molecule has 41 heavy (non-hydrogen) atoms. The summed E-state index contributed by atoms with van der Waals surface area (Å²) < 4.78 is 57.9. The predicted molar refractivity (Wildman–Crippen MR) is 155 cm³/mol. The maximum absolute atomic E-state index is 14.9. The summed E-state index contributed by atoms with van der Waals surface area (Å²) in [6.07, 6.45) is 0.0725. The Morgan fingerprint density at radius 3 is 1.98 bits per heavy atom. The number of nitrogens with zero attached hydrogens (tertiary/aromatic N) is 3. The zero-order valence-electron chi connectivity index (χ0n) is 23.8. The van der Waals surface area contributed by atoms with E-state index < -0.39 is 51.8 Å². The van der Waals surface area contributed by atoms with Gasteiger partial charge in [0.2, 0.25) is 11.8 Å². The highest BCUT2D eigenvalue weighted by Gasteiger charge is 2.36. The van der Waals surface area contributed by atoms with Gasteiger partial charge < -0.3 is 10.2 Å². The molecule has 0 aromatic heterocycles. The number of hydrogen-bond donors (Lipinski definition) is 1. The molecule has 0 fully saturated rings. The Bertz CT molecular complexity index is 1460. The molecule has 0 spiro atoms. The molecule has 0 unspecified atom stereocenters. The number of benzene rings is 3. The van der Waals surface area contributed by atoms with Crippen molar-refractivity contribution in [2.24, 2.45) is 0 Å². The van der Waals surface area contributed by atoms with Crippen molar-refractivity contribution in [1.82, 2.24) is 14.5 Å². The molecular weight excluding hydrogens is 550 g/mol. The van der Waals surface area contributed by atoms with Gasteiger partial charge in [-0.2, -0.15) is 12.7 Å². The fourth-order valence-electron chi connectivity index (χ4n) is 4.17. The standard InChI is InChI=1S/C30H36F2N4O4S/c1-30(2,3)33-29(38)27(19-22-13-7-6-8-14-22)35(20-23-15-9-10-16-24(23)31)28(37)21-36(41(39,40)34(4)5)26-18-12-11-17-25(26)32/h6-18,27H,19-21H2,1-5H3,(H,33,38)/t27-/m0/s1. The Morgan fingerprint density at radius 2 is 1.41 bits per heavy atom. The van der Waals surface area contributed by atoms with Gasteiger partial charge >= 0.3 is 10.2 Å². The number of nitrogens with one attached hydrogen (secondary N) is 1. The molecule has 0 aliphatic rings. The molecule has 0 bridgehead atoms. The lowest BCUT2D eigenvalue weighted by Gasteiger charge is -2.35. The van der Waals surface area contributed by atoms with Gasteiger partial charge in [-0.1, -0.05) is 60.7 Å². The van der Waals surface area contributed by atoms with Gasteiger partial charge in [0, 0.05) is 38.2 Å². The van der Waals surface area contributed by atoms with Crippen molar-refractivity contribution in [3.8, 4) is 0 Å². The third kappa shape index (κ3) is 8.34. The van der Waals surface area contributed by atoms with E-state index in [1.54, 1.807) is 51.1 Å². The lowest BCUT2D eigenvalue weighted by Crippen LogP contribution is -2.56. The van der Waals surface area contributed by atoms with Crippen LogP contribution < -0.4 is 9.62 Å². The molecule has 3 aromatic rings. The molecule has 0 radical (unpaired) electrons. The minimum atomic E-state index is -4.35. The number of carbonyl (C=O) groups is 2. The Hall–Kier alpha value is -3.83. The smallest absolute Gasteiger partial charge is 0.304 e. The van der Waals surface area contributed by atoms with Gasteiger partial charge in [0.25, 0.3) is 0 Å². The quantitative estimate of drug-likeness (QED) is 0.366. The first-order valence-electron chi connectivity index (χ1n) is 13.0. The summed E-state index contributed by atoms with van der Waals surface area (Å²) in [6.45, 7) is 4.21. The molecule has 2 amide bonds. The van der Waals surface area contributed by atoms with Crippen LogP contribution in [0.25, 0.3) is 0 Å². The molecule has 0 heterocycles. The number of anilines is 1. The molecule has 1 atom stereocenters. The predicted octanol–water partition coefficient (Wildman–Crippen LogP) is 4.13. The van der Waals surface area contributed by atoms with Gasteiger partial charge in [0.15, 0.2) is 0 Å². The minimum absolute atomic E-state index is 0.0725. The molecular formula is C30H36F2N4O4S. The third-order valence-corrected chi connectivity index (χ3v) is 8.01. The molecule has 3 aromatic carbocycles. The molecule has 11 heteroatoms. The van der Waals surface area contributed by atoms with Gasteiger partial charge in [-0.15, -0.1) is 0 Å². The van der Waals surface area contributed by atoms with Crippen LogP contribution in [0.2, 0.25) is 0 Å². The van der Waals surface area contributed by atoms with Gasteiger partial charge in [-0.3, -0.25) is 9.59 Å². The van der Waals surface area contributed by atoms with E-state index in [1.807, 2.05) is 6.07 Å². The highest BCUT2D eigenvalue weighted by molar-refractivity contribution is 7.90. The fourth-order valence-corrected chi connectivity index (χ4v) is 5.24. The zero-order valence-corrected chi connectivity index (χ0v) is 24.7. The third-order valence-electron chi connectivity index (χ3n) is 6.21. The van der Waals surface area contributed by atoms with Crippen LogP contribution in [0.15, 0.2) is 78.9 Å². The summed E-state index contributed by atoms with van der Waals surface area (Å²) in [5.74, 6) is -2.75. The molecule has 0 aliphatic carbocycles. The first-order chi connectivity index (χ1) is 19.2.